The summed E-state index contributed by atoms with van der Waals surface area (Å²) in [6.07, 6.45) is 2.44. The molecule has 1 aromatic carbocycles. The van der Waals surface area contributed by atoms with E-state index in [1.807, 2.05) is 0 Å². The number of carboxylic acid groups (broad SMARTS) is 1. The second-order valence-electron chi connectivity index (χ2n) is 8.10. The number of fused-ring (bicyclic) bond motifs is 1. The van der Waals surface area contributed by atoms with E-state index in [0.29, 0.717) is 28.2 Å². The maximum absolute atomic E-state index is 14.6. The molecular formula is C21H22FN5O3. The minimum Gasteiger partial charge on any atom is -0.465 e. The molecule has 1 saturated carbocycles. The van der Waals surface area contributed by atoms with E-state index in [2.05, 4.69) is 20.8 Å². The molecule has 3 aromatic rings. The van der Waals surface area contributed by atoms with Gasteiger partial charge in [0.25, 0.3) is 5.91 Å². The van der Waals surface area contributed by atoms with E-state index in [1.54, 1.807) is 49.6 Å². The fourth-order valence-corrected chi connectivity index (χ4v) is 3.41. The van der Waals surface area contributed by atoms with Crippen LogP contribution >= 0.6 is 0 Å². The Bertz CT molecular complexity index is 1170. The third-order valence-corrected chi connectivity index (χ3v) is 5.22. The fraction of sp³-hybridized carbons (Fsp3) is 0.333. The van der Waals surface area contributed by atoms with Gasteiger partial charge in [0.1, 0.15) is 5.82 Å². The number of nitrogens with one attached hydrogen (secondary N) is 2. The predicted octanol–water partition coefficient (Wildman–Crippen LogP) is 3.24. The summed E-state index contributed by atoms with van der Waals surface area (Å²) in [6, 6.07) is 6.61. The number of hydrogen-bond acceptors (Lipinski definition) is 4. The normalized spacial score (nSPS) is 14.0. The van der Waals surface area contributed by atoms with Gasteiger partial charge in [-0.1, -0.05) is 0 Å². The molecule has 3 N–H and O–H groups in total. The molecule has 9 heteroatoms. The number of carbonyl (C=O) groups is 2. The van der Waals surface area contributed by atoms with Crippen molar-refractivity contribution in [3.8, 4) is 11.1 Å². The number of benzene rings is 1. The third kappa shape index (κ3) is 3.70. The van der Waals surface area contributed by atoms with Crippen molar-refractivity contribution in [3.05, 3.63) is 53.2 Å². The molecule has 2 heterocycles. The predicted molar refractivity (Wildman–Crippen MR) is 108 cm³/mol. The van der Waals surface area contributed by atoms with Crippen LogP contribution in [0.3, 0.4) is 0 Å². The van der Waals surface area contributed by atoms with Crippen molar-refractivity contribution in [1.29, 1.82) is 0 Å². The summed E-state index contributed by atoms with van der Waals surface area (Å²) in [5.74, 6) is -0.320. The molecule has 0 bridgehead atoms. The number of amides is 2. The molecule has 1 aliphatic carbocycles. The highest BCUT2D eigenvalue weighted by atomic mass is 19.1. The van der Waals surface area contributed by atoms with Gasteiger partial charge in [-0.05, 0) is 74.6 Å². The molecule has 0 saturated heterocycles. The first kappa shape index (κ1) is 19.8. The van der Waals surface area contributed by atoms with Gasteiger partial charge in [-0.25, -0.2) is 9.18 Å². The Balaban J connectivity index is 1.74. The lowest BCUT2D eigenvalue weighted by Crippen LogP contribution is -2.41. The highest BCUT2D eigenvalue weighted by Gasteiger charge is 2.29. The molecule has 30 heavy (non-hydrogen) atoms. The van der Waals surface area contributed by atoms with Gasteiger partial charge in [0.05, 0.1) is 5.54 Å². The summed E-state index contributed by atoms with van der Waals surface area (Å²) in [5, 5.41) is 22.6. The van der Waals surface area contributed by atoms with Crippen LogP contribution in [0.15, 0.2) is 30.5 Å². The molecule has 0 radical (unpaired) electrons. The first-order chi connectivity index (χ1) is 14.2. The van der Waals surface area contributed by atoms with E-state index in [9.17, 15) is 14.0 Å². The van der Waals surface area contributed by atoms with Gasteiger partial charge >= 0.3 is 6.09 Å². The van der Waals surface area contributed by atoms with Gasteiger partial charge in [-0.3, -0.25) is 9.20 Å². The highest BCUT2D eigenvalue weighted by molar-refractivity contribution is 5.96. The zero-order chi connectivity index (χ0) is 21.6. The van der Waals surface area contributed by atoms with Crippen LogP contribution in [0.5, 0.6) is 0 Å². The summed E-state index contributed by atoms with van der Waals surface area (Å²) in [7, 11) is 0. The summed E-state index contributed by atoms with van der Waals surface area (Å²) in [5.41, 5.74) is 1.49. The average molecular weight is 411 g/mol. The minimum absolute atomic E-state index is 0.179. The molecule has 0 spiro atoms. The molecule has 1 fully saturated rings. The maximum atomic E-state index is 14.6. The smallest absolute Gasteiger partial charge is 0.405 e. The van der Waals surface area contributed by atoms with Crippen LogP contribution in [0.2, 0.25) is 0 Å². The van der Waals surface area contributed by atoms with Crippen molar-refractivity contribution in [2.24, 2.45) is 0 Å². The first-order valence-corrected chi connectivity index (χ1v) is 9.63. The number of pyridine rings is 1. The number of nitrogens with zero attached hydrogens (tertiary/aromatic N) is 3. The van der Waals surface area contributed by atoms with Crippen molar-refractivity contribution >= 4 is 17.6 Å². The average Bonchev–Trinajstić information content (AvgIpc) is 3.37. The van der Waals surface area contributed by atoms with Crippen LogP contribution in [0.1, 0.15) is 48.4 Å². The Morgan fingerprint density at radius 3 is 2.63 bits per heavy atom. The molecular weight excluding hydrogens is 389 g/mol. The summed E-state index contributed by atoms with van der Waals surface area (Å²) >= 11 is 0. The van der Waals surface area contributed by atoms with Crippen molar-refractivity contribution < 1.29 is 19.1 Å². The number of carbonyl (C=O) groups excluding carboxylic acids is 1. The number of hydrogen-bond donors (Lipinski definition) is 3. The number of halogens is 1. The monoisotopic (exact) mass is 411 g/mol. The number of rotatable bonds is 5. The second-order valence-corrected chi connectivity index (χ2v) is 8.10. The van der Waals surface area contributed by atoms with Gasteiger partial charge in [0.15, 0.2) is 11.5 Å². The van der Waals surface area contributed by atoms with Crippen molar-refractivity contribution in [1.82, 2.24) is 25.2 Å². The Morgan fingerprint density at radius 1 is 1.23 bits per heavy atom. The van der Waals surface area contributed by atoms with Gasteiger partial charge < -0.3 is 15.7 Å². The summed E-state index contributed by atoms with van der Waals surface area (Å²) < 4.78 is 16.2. The summed E-state index contributed by atoms with van der Waals surface area (Å²) in [4.78, 5) is 23.5. The molecule has 1 aliphatic rings. The Kier molecular flexibility index (Phi) is 4.68. The third-order valence-electron chi connectivity index (χ3n) is 5.22. The molecule has 2 aromatic heterocycles. The molecule has 156 valence electrons. The fourth-order valence-electron chi connectivity index (χ4n) is 3.41. The van der Waals surface area contributed by atoms with E-state index in [0.717, 1.165) is 12.8 Å². The Hall–Kier alpha value is -3.49. The Morgan fingerprint density at radius 2 is 1.97 bits per heavy atom. The van der Waals surface area contributed by atoms with Gasteiger partial charge in [-0.15, -0.1) is 10.2 Å². The van der Waals surface area contributed by atoms with Gasteiger partial charge in [0.2, 0.25) is 0 Å². The van der Waals surface area contributed by atoms with Crippen molar-refractivity contribution in [3.63, 3.8) is 0 Å². The van der Waals surface area contributed by atoms with Crippen LogP contribution in [0.4, 0.5) is 9.18 Å². The van der Waals surface area contributed by atoms with E-state index >= 15 is 0 Å². The van der Waals surface area contributed by atoms with E-state index in [1.165, 1.54) is 6.07 Å². The molecule has 4 rings (SSSR count). The molecule has 8 nitrogen and oxygen atoms in total. The quantitative estimate of drug-likeness (QED) is 0.597. The van der Waals surface area contributed by atoms with Gasteiger partial charge in [-0.2, -0.15) is 0 Å². The summed E-state index contributed by atoms with van der Waals surface area (Å²) in [6.45, 7) is 5.03. The van der Waals surface area contributed by atoms with Crippen LogP contribution in [0, 0.1) is 12.7 Å². The zero-order valence-electron chi connectivity index (χ0n) is 16.9. The van der Waals surface area contributed by atoms with E-state index in [4.69, 9.17) is 5.11 Å². The molecule has 0 aliphatic heterocycles. The lowest BCUT2D eigenvalue weighted by Gasteiger charge is -2.22. The topological polar surface area (TPSA) is 109 Å². The lowest BCUT2D eigenvalue weighted by molar-refractivity contribution is 0.0950. The first-order valence-electron chi connectivity index (χ1n) is 9.63. The van der Waals surface area contributed by atoms with Crippen LogP contribution in [-0.4, -0.2) is 37.7 Å². The second kappa shape index (κ2) is 7.08. The van der Waals surface area contributed by atoms with E-state index in [-0.39, 0.29) is 17.5 Å². The highest BCUT2D eigenvalue weighted by Crippen LogP contribution is 2.29. The Labute approximate surface area is 172 Å². The largest absolute Gasteiger partial charge is 0.465 e. The maximum Gasteiger partial charge on any atom is 0.405 e. The standard InChI is InChI=1S/C21H22FN5O3/c1-11-15(8-13(9-16(11)22)18(28)23-14-4-5-14)12-6-7-27-17(10-12)25-26-19(27)21(2,3)24-20(29)30/h6-10,14,24H,4-5H2,1-3H3,(H,23,28)(H,29,30). The molecule has 2 amide bonds. The van der Waals surface area contributed by atoms with Crippen molar-refractivity contribution in [2.45, 2.75) is 45.2 Å². The zero-order valence-corrected chi connectivity index (χ0v) is 16.9. The van der Waals surface area contributed by atoms with Crippen LogP contribution in [-0.2, 0) is 5.54 Å². The molecule has 0 atom stereocenters. The van der Waals surface area contributed by atoms with Crippen LogP contribution in [0.25, 0.3) is 16.8 Å². The number of aromatic nitrogens is 3. The van der Waals surface area contributed by atoms with Crippen LogP contribution < -0.4 is 10.6 Å². The van der Waals surface area contributed by atoms with Crippen molar-refractivity contribution in [2.75, 3.05) is 0 Å². The van der Waals surface area contributed by atoms with Gasteiger partial charge in [0, 0.05) is 17.8 Å². The molecule has 0 unspecified atom stereocenters. The SMILES string of the molecule is Cc1c(F)cc(C(=O)NC2CC2)cc1-c1ccn2c(C(C)(C)NC(=O)O)nnc2c1. The minimum atomic E-state index is -1.17. The van der Waals surface area contributed by atoms with E-state index < -0.39 is 17.4 Å². The lowest BCUT2D eigenvalue weighted by atomic mass is 9.97.